The van der Waals surface area contributed by atoms with Crippen LogP contribution in [0, 0.1) is 0 Å². The van der Waals surface area contributed by atoms with E-state index in [0.717, 1.165) is 32.6 Å². The molecule has 0 atom stereocenters. The van der Waals surface area contributed by atoms with E-state index in [1.807, 2.05) is 24.3 Å². The molecule has 0 amide bonds. The van der Waals surface area contributed by atoms with Crippen molar-refractivity contribution >= 4 is 34.6 Å². The van der Waals surface area contributed by atoms with Gasteiger partial charge < -0.3 is 18.9 Å². The topological polar surface area (TPSA) is 62.7 Å². The molecule has 0 N–H and O–H groups in total. The fraction of sp³-hybridized carbons (Fsp3) is 0.556. The molecule has 0 radical (unpaired) electrons. The highest BCUT2D eigenvalue weighted by Crippen LogP contribution is 2.29. The van der Waals surface area contributed by atoms with Crippen molar-refractivity contribution in [2.75, 3.05) is 64.4 Å². The van der Waals surface area contributed by atoms with Crippen molar-refractivity contribution in [1.29, 1.82) is 0 Å². The lowest BCUT2D eigenvalue weighted by Gasteiger charge is -2.11. The van der Waals surface area contributed by atoms with Crippen LogP contribution in [0.3, 0.4) is 0 Å². The normalized spacial score (nSPS) is 19.4. The lowest BCUT2D eigenvalue weighted by Crippen LogP contribution is -2.13. The van der Waals surface area contributed by atoms with Crippen molar-refractivity contribution in [3.8, 4) is 0 Å². The maximum atomic E-state index is 5.62. The van der Waals surface area contributed by atoms with Crippen molar-refractivity contribution in [2.45, 2.75) is 10.1 Å². The first-order valence-electron chi connectivity index (χ1n) is 8.77. The van der Waals surface area contributed by atoms with Crippen LogP contribution in [-0.4, -0.2) is 74.3 Å². The summed E-state index contributed by atoms with van der Waals surface area (Å²) in [7, 11) is 0. The lowest BCUT2D eigenvalue weighted by atomic mass is 10.3. The van der Waals surface area contributed by atoms with E-state index >= 15 is 0 Å². The largest absolute Gasteiger partial charge is 0.378 e. The number of aromatic nitrogens is 2. The molecule has 3 rings (SSSR count). The number of nitrogens with zero attached hydrogens (tertiary/aromatic N) is 2. The van der Waals surface area contributed by atoms with Crippen molar-refractivity contribution in [3.05, 3.63) is 24.3 Å². The number of hydrogen-bond acceptors (Lipinski definition) is 8. The van der Waals surface area contributed by atoms with E-state index in [0.29, 0.717) is 52.9 Å². The van der Waals surface area contributed by atoms with Crippen LogP contribution in [0.15, 0.2) is 34.3 Å². The van der Waals surface area contributed by atoms with Gasteiger partial charge in [-0.25, -0.2) is 9.97 Å². The Morgan fingerprint density at radius 2 is 0.962 bits per heavy atom. The molecule has 0 fully saturated rings. The Morgan fingerprint density at radius 1 is 0.577 bits per heavy atom. The molecule has 0 bridgehead atoms. The Balaban J connectivity index is 1.64. The molecule has 2 aromatic rings. The fourth-order valence-electron chi connectivity index (χ4n) is 2.31. The summed E-state index contributed by atoms with van der Waals surface area (Å²) in [4.78, 5) is 9.57. The Kier molecular flexibility index (Phi) is 8.96. The zero-order valence-electron chi connectivity index (χ0n) is 14.7. The maximum absolute atomic E-state index is 5.62. The SMILES string of the molecule is c1ccc2nc3c(nc2c1)SCCOCCOCCOCCOCCS3. The minimum Gasteiger partial charge on any atom is -0.378 e. The van der Waals surface area contributed by atoms with Gasteiger partial charge in [0, 0.05) is 11.5 Å². The quantitative estimate of drug-likeness (QED) is 0.674. The Bertz CT molecular complexity index is 618. The number of hydrogen-bond donors (Lipinski definition) is 0. The van der Waals surface area contributed by atoms with Crippen LogP contribution in [0.25, 0.3) is 11.0 Å². The zero-order valence-corrected chi connectivity index (χ0v) is 16.4. The summed E-state index contributed by atoms with van der Waals surface area (Å²) in [6, 6.07) is 7.97. The molecule has 0 spiro atoms. The summed E-state index contributed by atoms with van der Waals surface area (Å²) >= 11 is 3.37. The monoisotopic (exact) mass is 396 g/mol. The molecule has 1 aliphatic rings. The number of ether oxygens (including phenoxy) is 4. The highest BCUT2D eigenvalue weighted by molar-refractivity contribution is 8.02. The smallest absolute Gasteiger partial charge is 0.129 e. The average Bonchev–Trinajstić information content (AvgIpc) is 2.67. The summed E-state index contributed by atoms with van der Waals surface area (Å²) in [5.74, 6) is 1.67. The van der Waals surface area contributed by atoms with Gasteiger partial charge in [0.15, 0.2) is 0 Å². The van der Waals surface area contributed by atoms with Crippen LogP contribution in [-0.2, 0) is 18.9 Å². The van der Waals surface area contributed by atoms with Crippen LogP contribution in [0.5, 0.6) is 0 Å². The first kappa shape index (κ1) is 19.9. The van der Waals surface area contributed by atoms with E-state index in [4.69, 9.17) is 28.9 Å². The van der Waals surface area contributed by atoms with Gasteiger partial charge in [0.2, 0.25) is 0 Å². The second-order valence-electron chi connectivity index (χ2n) is 5.47. The third kappa shape index (κ3) is 6.68. The van der Waals surface area contributed by atoms with Gasteiger partial charge in [-0.3, -0.25) is 0 Å². The van der Waals surface area contributed by atoms with E-state index in [2.05, 4.69) is 0 Å². The second kappa shape index (κ2) is 11.7. The number of fused-ring (bicyclic) bond motifs is 2. The van der Waals surface area contributed by atoms with Crippen molar-refractivity contribution in [3.63, 3.8) is 0 Å². The second-order valence-corrected chi connectivity index (χ2v) is 7.64. The number of para-hydroxylation sites is 2. The first-order valence-corrected chi connectivity index (χ1v) is 10.7. The van der Waals surface area contributed by atoms with Gasteiger partial charge in [0.25, 0.3) is 0 Å². The molecule has 8 heteroatoms. The van der Waals surface area contributed by atoms with Crippen LogP contribution in [0.2, 0.25) is 0 Å². The molecule has 0 saturated carbocycles. The zero-order chi connectivity index (χ0) is 17.9. The van der Waals surface area contributed by atoms with Gasteiger partial charge >= 0.3 is 0 Å². The molecule has 1 aliphatic heterocycles. The van der Waals surface area contributed by atoms with E-state index < -0.39 is 0 Å². The van der Waals surface area contributed by atoms with Crippen LogP contribution in [0.4, 0.5) is 0 Å². The summed E-state index contributed by atoms with van der Waals surface area (Å²) in [5.41, 5.74) is 1.84. The first-order chi connectivity index (χ1) is 12.9. The third-order valence-corrected chi connectivity index (χ3v) is 5.54. The maximum Gasteiger partial charge on any atom is 0.129 e. The summed E-state index contributed by atoms with van der Waals surface area (Å²) in [6.07, 6.45) is 0. The van der Waals surface area contributed by atoms with E-state index in [1.54, 1.807) is 23.5 Å². The molecule has 1 aromatic heterocycles. The summed E-state index contributed by atoms with van der Waals surface area (Å²) < 4.78 is 22.2. The Morgan fingerprint density at radius 3 is 1.38 bits per heavy atom. The van der Waals surface area contributed by atoms with Gasteiger partial charge in [0.1, 0.15) is 10.1 Å². The lowest BCUT2D eigenvalue weighted by molar-refractivity contribution is 0.00144. The minimum atomic E-state index is 0.585. The molecule has 6 nitrogen and oxygen atoms in total. The average molecular weight is 397 g/mol. The number of benzene rings is 1. The molecular weight excluding hydrogens is 372 g/mol. The molecule has 26 heavy (non-hydrogen) atoms. The van der Waals surface area contributed by atoms with Crippen LogP contribution < -0.4 is 0 Å². The van der Waals surface area contributed by atoms with Crippen molar-refractivity contribution < 1.29 is 18.9 Å². The van der Waals surface area contributed by atoms with E-state index in [9.17, 15) is 0 Å². The Hall–Kier alpha value is -0.900. The van der Waals surface area contributed by atoms with Crippen LogP contribution >= 0.6 is 23.5 Å². The molecule has 142 valence electrons. The molecular formula is C18H24N2O4S2. The third-order valence-electron chi connectivity index (χ3n) is 3.56. The van der Waals surface area contributed by atoms with Gasteiger partial charge in [-0.15, -0.1) is 23.5 Å². The highest BCUT2D eigenvalue weighted by atomic mass is 32.2. The fourth-order valence-corrected chi connectivity index (χ4v) is 4.12. The van der Waals surface area contributed by atoms with Gasteiger partial charge in [0.05, 0.1) is 63.9 Å². The van der Waals surface area contributed by atoms with Crippen molar-refractivity contribution in [2.24, 2.45) is 0 Å². The molecule has 1 aromatic carbocycles. The molecule has 2 heterocycles. The van der Waals surface area contributed by atoms with E-state index in [1.165, 1.54) is 0 Å². The minimum absolute atomic E-state index is 0.585. The van der Waals surface area contributed by atoms with Gasteiger partial charge in [-0.2, -0.15) is 0 Å². The molecule has 0 saturated heterocycles. The number of rotatable bonds is 0. The van der Waals surface area contributed by atoms with E-state index in [-0.39, 0.29) is 0 Å². The van der Waals surface area contributed by atoms with Gasteiger partial charge in [-0.1, -0.05) is 12.1 Å². The Labute approximate surface area is 162 Å². The predicted octanol–water partition coefficient (Wildman–Crippen LogP) is 2.89. The summed E-state index contributed by atoms with van der Waals surface area (Å²) in [5, 5.41) is 1.91. The molecule has 0 unspecified atom stereocenters. The van der Waals surface area contributed by atoms with Crippen LogP contribution in [0.1, 0.15) is 0 Å². The summed E-state index contributed by atoms with van der Waals surface area (Å²) in [6.45, 7) is 4.85. The molecule has 0 aliphatic carbocycles. The van der Waals surface area contributed by atoms with Gasteiger partial charge in [-0.05, 0) is 12.1 Å². The highest BCUT2D eigenvalue weighted by Gasteiger charge is 2.10. The number of thioether (sulfide) groups is 2. The standard InChI is InChI=1S/C18H24N2O4S2/c1-2-4-16-15(3-1)19-17-18(20-16)26-14-12-24-10-8-22-6-5-21-7-9-23-11-13-25-17/h1-4H,5-14H2. The van der Waals surface area contributed by atoms with Crippen molar-refractivity contribution in [1.82, 2.24) is 9.97 Å². The predicted molar refractivity (Wildman–Crippen MR) is 104 cm³/mol.